The molecule has 1 aromatic carbocycles. The normalized spacial score (nSPS) is 22.2. The van der Waals surface area contributed by atoms with Gasteiger partial charge in [-0.2, -0.15) is 4.79 Å². The summed E-state index contributed by atoms with van der Waals surface area (Å²) in [6.07, 6.45) is 0. The molecule has 26 heavy (non-hydrogen) atoms. The van der Waals surface area contributed by atoms with E-state index in [0.717, 1.165) is 5.56 Å². The second kappa shape index (κ2) is 7.96. The molecule has 0 aliphatic carbocycles. The maximum Gasteiger partial charge on any atom is 0.447 e. The fraction of sp³-hybridized carbons (Fsp3) is 0.438. The number of non-ortho nitro benzene ring substituents is 1. The number of carbonyl (C=O) groups is 2. The van der Waals surface area contributed by atoms with Crippen LogP contribution in [-0.2, 0) is 23.8 Å². The third-order valence-corrected chi connectivity index (χ3v) is 3.89. The predicted octanol–water partition coefficient (Wildman–Crippen LogP) is 1.24. The molecule has 1 fully saturated rings. The number of carbonyl (C=O) groups excluding carboxylic acids is 2. The molecule has 10 nitrogen and oxygen atoms in total. The average molecular weight is 363 g/mol. The summed E-state index contributed by atoms with van der Waals surface area (Å²) in [5.74, 6) is -4.09. The van der Waals surface area contributed by atoms with Gasteiger partial charge in [0, 0.05) is 18.1 Å². The largest absolute Gasteiger partial charge is 0.457 e. The zero-order valence-electron chi connectivity index (χ0n) is 14.2. The molecule has 10 heteroatoms. The quantitative estimate of drug-likeness (QED) is 0.141. The summed E-state index contributed by atoms with van der Waals surface area (Å²) in [5, 5.41) is 10.7. The molecule has 0 aromatic heterocycles. The summed E-state index contributed by atoms with van der Waals surface area (Å²) in [6.45, 7) is 3.00. The Kier molecular flexibility index (Phi) is 5.93. The van der Waals surface area contributed by atoms with Crippen molar-refractivity contribution >= 4 is 23.2 Å². The zero-order valence-corrected chi connectivity index (χ0v) is 14.2. The minimum atomic E-state index is -1.80. The third-order valence-electron chi connectivity index (χ3n) is 3.89. The van der Waals surface area contributed by atoms with Crippen molar-refractivity contribution in [2.75, 3.05) is 19.8 Å². The molecule has 0 unspecified atom stereocenters. The van der Waals surface area contributed by atoms with Crippen molar-refractivity contribution < 1.29 is 33.5 Å². The number of Topliss-reactive ketones (excluding diaryl/α,β-unsaturated/α-hetero) is 1. The van der Waals surface area contributed by atoms with Gasteiger partial charge in [-0.1, -0.05) is 12.1 Å². The first kappa shape index (κ1) is 19.4. The standard InChI is InChI=1S/C16H17N3O7/c1-3-24-15(21)13(18-17)14(20)16(2)25-8-11(9-26-16)10-4-6-12(7-5-10)19(22)23/h4-7,11H,3,8-9H2,1-2H3. The van der Waals surface area contributed by atoms with Crippen LogP contribution in [0.2, 0.25) is 0 Å². The molecule has 1 saturated heterocycles. The number of hydrogen-bond donors (Lipinski definition) is 0. The number of nitrogens with zero attached hydrogens (tertiary/aromatic N) is 3. The summed E-state index contributed by atoms with van der Waals surface area (Å²) >= 11 is 0. The van der Waals surface area contributed by atoms with Crippen molar-refractivity contribution in [3.05, 3.63) is 45.5 Å². The second-order valence-corrected chi connectivity index (χ2v) is 5.61. The summed E-state index contributed by atoms with van der Waals surface area (Å²) in [6, 6.07) is 5.90. The molecule has 0 bridgehead atoms. The highest BCUT2D eigenvalue weighted by molar-refractivity contribution is 6.63. The zero-order chi connectivity index (χ0) is 19.3. The van der Waals surface area contributed by atoms with Crippen LogP contribution in [0, 0.1) is 10.1 Å². The van der Waals surface area contributed by atoms with Crippen molar-refractivity contribution in [3.63, 3.8) is 0 Å². The number of nitro benzene ring substituents is 1. The van der Waals surface area contributed by atoms with Crippen molar-refractivity contribution in [1.29, 1.82) is 0 Å². The van der Waals surface area contributed by atoms with Crippen molar-refractivity contribution in [3.8, 4) is 0 Å². The van der Waals surface area contributed by atoms with Crippen LogP contribution in [0.5, 0.6) is 0 Å². The Hall–Kier alpha value is -2.94. The Morgan fingerprint density at radius 3 is 2.38 bits per heavy atom. The summed E-state index contributed by atoms with van der Waals surface area (Å²) < 4.78 is 15.6. The van der Waals surface area contributed by atoms with Gasteiger partial charge < -0.3 is 19.7 Å². The highest BCUT2D eigenvalue weighted by atomic mass is 16.7. The van der Waals surface area contributed by atoms with Gasteiger partial charge in [0.15, 0.2) is 0 Å². The van der Waals surface area contributed by atoms with Crippen molar-refractivity contribution in [2.24, 2.45) is 0 Å². The number of hydrogen-bond acceptors (Lipinski definition) is 7. The molecule has 0 radical (unpaired) electrons. The topological polar surface area (TPSA) is 141 Å². The first-order valence-electron chi connectivity index (χ1n) is 7.78. The minimum absolute atomic E-state index is 0.00573. The lowest BCUT2D eigenvalue weighted by Gasteiger charge is -2.35. The Balaban J connectivity index is 2.08. The SMILES string of the molecule is CCOC(=O)C(=[N+]=[N-])C(=O)C1(C)OCC(c2ccc([N+](=O)[O-])cc2)CO1. The molecule has 0 spiro atoms. The van der Waals surface area contributed by atoms with Gasteiger partial charge in [0.25, 0.3) is 5.69 Å². The summed E-state index contributed by atoms with van der Waals surface area (Å²) in [4.78, 5) is 37.0. The Morgan fingerprint density at radius 1 is 1.35 bits per heavy atom. The molecule has 1 heterocycles. The summed E-state index contributed by atoms with van der Waals surface area (Å²) in [7, 11) is 0. The number of ketones is 1. The highest BCUT2D eigenvalue weighted by Gasteiger charge is 2.49. The lowest BCUT2D eigenvalue weighted by Crippen LogP contribution is -2.52. The van der Waals surface area contributed by atoms with Gasteiger partial charge >= 0.3 is 17.5 Å². The Bertz CT molecular complexity index is 761. The second-order valence-electron chi connectivity index (χ2n) is 5.61. The van der Waals surface area contributed by atoms with Crippen LogP contribution in [-0.4, -0.2) is 52.8 Å². The molecule has 1 aliphatic rings. The van der Waals surface area contributed by atoms with E-state index in [0.29, 0.717) is 0 Å². The minimum Gasteiger partial charge on any atom is -0.457 e. The number of esters is 1. The van der Waals surface area contributed by atoms with E-state index in [4.69, 9.17) is 15.0 Å². The molecule has 0 amide bonds. The maximum atomic E-state index is 12.4. The van der Waals surface area contributed by atoms with Crippen LogP contribution < -0.4 is 0 Å². The molecule has 0 N–H and O–H groups in total. The van der Waals surface area contributed by atoms with Crippen molar-refractivity contribution in [1.82, 2.24) is 0 Å². The van der Waals surface area contributed by atoms with Crippen LogP contribution in [0.15, 0.2) is 24.3 Å². The number of benzene rings is 1. The van der Waals surface area contributed by atoms with Crippen LogP contribution in [0.4, 0.5) is 5.69 Å². The molecule has 0 saturated carbocycles. The van der Waals surface area contributed by atoms with Gasteiger partial charge in [-0.3, -0.25) is 14.9 Å². The van der Waals surface area contributed by atoms with E-state index in [2.05, 4.69) is 9.53 Å². The Labute approximate surface area is 148 Å². The van der Waals surface area contributed by atoms with E-state index in [1.165, 1.54) is 19.1 Å². The number of nitro groups is 1. The molecule has 138 valence electrons. The van der Waals surface area contributed by atoms with Crippen LogP contribution >= 0.6 is 0 Å². The van der Waals surface area contributed by atoms with Crippen molar-refractivity contribution in [2.45, 2.75) is 25.6 Å². The molecular weight excluding hydrogens is 346 g/mol. The lowest BCUT2D eigenvalue weighted by molar-refractivity contribution is -0.384. The number of rotatable bonds is 6. The van der Waals surface area contributed by atoms with Crippen LogP contribution in [0.25, 0.3) is 5.53 Å². The predicted molar refractivity (Wildman–Crippen MR) is 86.4 cm³/mol. The van der Waals surface area contributed by atoms with Gasteiger partial charge in [-0.15, -0.1) is 0 Å². The fourth-order valence-corrected chi connectivity index (χ4v) is 2.39. The molecule has 0 atom stereocenters. The van der Waals surface area contributed by atoms with Gasteiger partial charge in [-0.25, -0.2) is 4.79 Å². The average Bonchev–Trinajstić information content (AvgIpc) is 2.63. The highest BCUT2D eigenvalue weighted by Crippen LogP contribution is 2.29. The smallest absolute Gasteiger partial charge is 0.447 e. The molecule has 2 rings (SSSR count). The van der Waals surface area contributed by atoms with Gasteiger partial charge in [0.05, 0.1) is 24.7 Å². The lowest BCUT2D eigenvalue weighted by atomic mass is 9.98. The maximum absolute atomic E-state index is 12.4. The van der Waals surface area contributed by atoms with E-state index in [1.807, 2.05) is 0 Å². The first-order chi connectivity index (χ1) is 12.3. The van der Waals surface area contributed by atoms with Gasteiger partial charge in [0.2, 0.25) is 5.79 Å². The first-order valence-corrected chi connectivity index (χ1v) is 7.78. The van der Waals surface area contributed by atoms with E-state index in [9.17, 15) is 19.7 Å². The van der Waals surface area contributed by atoms with Crippen LogP contribution in [0.3, 0.4) is 0 Å². The van der Waals surface area contributed by atoms with Gasteiger partial charge in [0.1, 0.15) is 0 Å². The monoisotopic (exact) mass is 363 g/mol. The van der Waals surface area contributed by atoms with E-state index >= 15 is 0 Å². The van der Waals surface area contributed by atoms with Gasteiger partial charge in [-0.05, 0) is 19.4 Å². The molecule has 1 aromatic rings. The van der Waals surface area contributed by atoms with E-state index in [-0.39, 0.29) is 31.4 Å². The summed E-state index contributed by atoms with van der Waals surface area (Å²) in [5.41, 5.74) is 8.83. The Morgan fingerprint density at radius 2 is 1.92 bits per heavy atom. The fourth-order valence-electron chi connectivity index (χ4n) is 2.39. The molecular formula is C16H17N3O7. The van der Waals surface area contributed by atoms with E-state index in [1.54, 1.807) is 19.1 Å². The number of ether oxygens (including phenoxy) is 3. The van der Waals surface area contributed by atoms with Crippen LogP contribution in [0.1, 0.15) is 25.3 Å². The molecule has 1 aliphatic heterocycles. The van der Waals surface area contributed by atoms with E-state index < -0.39 is 28.2 Å². The third kappa shape index (κ3) is 3.99.